The molecule has 1 atom stereocenters. The van der Waals surface area contributed by atoms with Gasteiger partial charge in [0.1, 0.15) is 6.04 Å². The Morgan fingerprint density at radius 1 is 1.32 bits per heavy atom. The first kappa shape index (κ1) is 19.5. The van der Waals surface area contributed by atoms with Gasteiger partial charge in [0, 0.05) is 6.07 Å². The van der Waals surface area contributed by atoms with Crippen molar-refractivity contribution in [1.29, 1.82) is 0 Å². The van der Waals surface area contributed by atoms with Crippen LogP contribution in [0.3, 0.4) is 0 Å². The van der Waals surface area contributed by atoms with E-state index in [-0.39, 0.29) is 10.8 Å². The molecule has 1 aromatic carbocycles. The summed E-state index contributed by atoms with van der Waals surface area (Å²) in [6.45, 7) is 1.33. The molecule has 1 N–H and O–H groups in total. The molecule has 0 radical (unpaired) electrons. The number of nitrogens with one attached hydrogen (secondary N) is 1. The fraction of sp³-hybridized carbons (Fsp3) is 0.308. The lowest BCUT2D eigenvalue weighted by atomic mass is 10.2. The number of sulfonamides is 1. The van der Waals surface area contributed by atoms with Crippen molar-refractivity contribution >= 4 is 49.8 Å². The molecule has 0 aliphatic rings. The van der Waals surface area contributed by atoms with Crippen LogP contribution >= 0.6 is 23.1 Å². The predicted octanol–water partition coefficient (Wildman–Crippen LogP) is 2.33. The first-order chi connectivity index (χ1) is 11.6. The molecule has 0 bridgehead atoms. The number of thioether (sulfide) groups is 1. The summed E-state index contributed by atoms with van der Waals surface area (Å²) in [6.07, 6.45) is 2.66. The average molecular weight is 408 g/mol. The van der Waals surface area contributed by atoms with Gasteiger partial charge in [-0.3, -0.25) is 14.4 Å². The lowest BCUT2D eigenvalue weighted by molar-refractivity contribution is -0.116. The zero-order valence-corrected chi connectivity index (χ0v) is 15.8. The van der Waals surface area contributed by atoms with Gasteiger partial charge in [0.25, 0.3) is 0 Å². The molecule has 7 nitrogen and oxygen atoms in total. The second-order valence-corrected chi connectivity index (χ2v) is 8.79. The highest BCUT2D eigenvalue weighted by atomic mass is 32.2. The highest BCUT2D eigenvalue weighted by Crippen LogP contribution is 2.26. The maximum Gasteiger partial charge on any atom is 0.249 e. The number of halogens is 2. The van der Waals surface area contributed by atoms with Gasteiger partial charge in [-0.05, 0) is 25.3 Å². The molecule has 0 fully saturated rings. The Hall–Kier alpha value is -1.79. The molecule has 25 heavy (non-hydrogen) atoms. The van der Waals surface area contributed by atoms with Crippen molar-refractivity contribution in [3.05, 3.63) is 29.8 Å². The van der Waals surface area contributed by atoms with Crippen molar-refractivity contribution in [2.24, 2.45) is 0 Å². The summed E-state index contributed by atoms with van der Waals surface area (Å²) < 4.78 is 52.1. The number of carbonyl (C=O) groups is 1. The second-order valence-electron chi connectivity index (χ2n) is 4.90. The molecule has 1 amide bonds. The third-order valence-corrected chi connectivity index (χ3v) is 6.11. The Bertz CT molecular complexity index is 888. The van der Waals surface area contributed by atoms with Crippen LogP contribution in [0.15, 0.2) is 22.5 Å². The highest BCUT2D eigenvalue weighted by molar-refractivity contribution is 8.00. The number of carbonyl (C=O) groups excluding carboxylic acids is 1. The lowest BCUT2D eigenvalue weighted by Crippen LogP contribution is -2.45. The van der Waals surface area contributed by atoms with Crippen LogP contribution in [0.4, 0.5) is 19.6 Å². The molecular formula is C13H14F2N4O3S3. The molecule has 2 aromatic rings. The average Bonchev–Trinajstić information content (AvgIpc) is 2.97. The first-order valence-electron chi connectivity index (χ1n) is 6.76. The summed E-state index contributed by atoms with van der Waals surface area (Å²) in [5, 5.41) is 10.3. The zero-order valence-electron chi connectivity index (χ0n) is 13.4. The summed E-state index contributed by atoms with van der Waals surface area (Å²) in [5.41, 5.74) is -0.161. The molecule has 12 heteroatoms. The molecule has 0 aliphatic heterocycles. The van der Waals surface area contributed by atoms with Crippen LogP contribution in [0.2, 0.25) is 0 Å². The Morgan fingerprint density at radius 3 is 2.52 bits per heavy atom. The van der Waals surface area contributed by atoms with E-state index < -0.39 is 33.6 Å². The van der Waals surface area contributed by atoms with Gasteiger partial charge >= 0.3 is 0 Å². The molecule has 0 saturated heterocycles. The number of amides is 1. The van der Waals surface area contributed by atoms with Gasteiger partial charge in [0.05, 0.1) is 11.9 Å². The summed E-state index contributed by atoms with van der Waals surface area (Å²) in [6, 6.07) is 1.38. The van der Waals surface area contributed by atoms with Crippen molar-refractivity contribution in [3.63, 3.8) is 0 Å². The van der Waals surface area contributed by atoms with Crippen molar-refractivity contribution in [2.45, 2.75) is 17.3 Å². The number of rotatable bonds is 6. The van der Waals surface area contributed by atoms with Gasteiger partial charge in [-0.2, -0.15) is 0 Å². The maximum absolute atomic E-state index is 13.5. The molecule has 1 aromatic heterocycles. The van der Waals surface area contributed by atoms with Gasteiger partial charge < -0.3 is 0 Å². The van der Waals surface area contributed by atoms with Crippen LogP contribution in [-0.2, 0) is 14.8 Å². The summed E-state index contributed by atoms with van der Waals surface area (Å²) >= 11 is 2.47. The van der Waals surface area contributed by atoms with E-state index >= 15 is 0 Å². The standard InChI is InChI=1S/C13H14F2N4O3S3/c1-7(11(20)16-12-17-18-13(23-2)24-12)19(25(3,21)22)8-4-5-9(14)10(15)6-8/h4-7H,1-3H3,(H,16,17,20)/t7-/m0/s1. The Balaban J connectivity index is 2.30. The van der Waals surface area contributed by atoms with Crippen molar-refractivity contribution < 1.29 is 22.0 Å². The lowest BCUT2D eigenvalue weighted by Gasteiger charge is -2.27. The van der Waals surface area contributed by atoms with Crippen molar-refractivity contribution in [3.8, 4) is 0 Å². The molecular weight excluding hydrogens is 394 g/mol. The zero-order chi connectivity index (χ0) is 18.8. The first-order valence-corrected chi connectivity index (χ1v) is 10.6. The molecule has 0 unspecified atom stereocenters. The molecule has 0 aliphatic carbocycles. The fourth-order valence-electron chi connectivity index (χ4n) is 1.98. The topological polar surface area (TPSA) is 92.3 Å². The fourth-order valence-corrected chi connectivity index (χ4v) is 4.32. The molecule has 136 valence electrons. The summed E-state index contributed by atoms with van der Waals surface area (Å²) in [4.78, 5) is 12.4. The van der Waals surface area contributed by atoms with Crippen molar-refractivity contribution in [2.75, 3.05) is 22.1 Å². The minimum atomic E-state index is -3.94. The van der Waals surface area contributed by atoms with Gasteiger partial charge in [-0.1, -0.05) is 23.1 Å². The van der Waals surface area contributed by atoms with Crippen LogP contribution < -0.4 is 9.62 Å². The quantitative estimate of drug-likeness (QED) is 0.583. The Kier molecular flexibility index (Phi) is 5.95. The number of hydrogen-bond acceptors (Lipinski definition) is 7. The third kappa shape index (κ3) is 4.64. The largest absolute Gasteiger partial charge is 0.299 e. The predicted molar refractivity (Wildman–Crippen MR) is 93.5 cm³/mol. The van der Waals surface area contributed by atoms with E-state index in [1.54, 1.807) is 6.26 Å². The van der Waals surface area contributed by atoms with E-state index in [0.29, 0.717) is 8.64 Å². The van der Waals surface area contributed by atoms with Gasteiger partial charge in [-0.15, -0.1) is 10.2 Å². The number of anilines is 2. The number of aromatic nitrogens is 2. The molecule has 0 spiro atoms. The van der Waals surface area contributed by atoms with E-state index in [0.717, 1.165) is 35.8 Å². The SMILES string of the molecule is CSc1nnc(NC(=O)[C@H](C)N(c2ccc(F)c(F)c2)S(C)(=O)=O)s1. The van der Waals surface area contributed by atoms with Crippen LogP contribution in [0.25, 0.3) is 0 Å². The van der Waals surface area contributed by atoms with Gasteiger partial charge in [0.15, 0.2) is 16.0 Å². The minimum Gasteiger partial charge on any atom is -0.299 e. The smallest absolute Gasteiger partial charge is 0.249 e. The van der Waals surface area contributed by atoms with E-state index in [4.69, 9.17) is 0 Å². The van der Waals surface area contributed by atoms with E-state index in [9.17, 15) is 22.0 Å². The van der Waals surface area contributed by atoms with Crippen LogP contribution in [0.5, 0.6) is 0 Å². The Labute approximate surface area is 151 Å². The monoisotopic (exact) mass is 408 g/mol. The second kappa shape index (κ2) is 7.62. The summed E-state index contributed by atoms with van der Waals surface area (Å²) in [7, 11) is -3.94. The molecule has 2 rings (SSSR count). The van der Waals surface area contributed by atoms with Crippen LogP contribution in [0.1, 0.15) is 6.92 Å². The van der Waals surface area contributed by atoms with Crippen LogP contribution in [0, 0.1) is 11.6 Å². The number of hydrogen-bond donors (Lipinski definition) is 1. The summed E-state index contributed by atoms with van der Waals surface area (Å²) in [5.74, 6) is -3.01. The van der Waals surface area contributed by atoms with Crippen molar-refractivity contribution in [1.82, 2.24) is 10.2 Å². The van der Waals surface area contributed by atoms with E-state index in [1.165, 1.54) is 18.7 Å². The molecule has 1 heterocycles. The van der Waals surface area contributed by atoms with E-state index in [2.05, 4.69) is 15.5 Å². The van der Waals surface area contributed by atoms with E-state index in [1.807, 2.05) is 0 Å². The molecule has 0 saturated carbocycles. The Morgan fingerprint density at radius 2 is 2.00 bits per heavy atom. The normalized spacial score (nSPS) is 12.7. The third-order valence-electron chi connectivity index (χ3n) is 3.06. The number of nitrogens with zero attached hydrogens (tertiary/aromatic N) is 3. The minimum absolute atomic E-state index is 0.161. The van der Waals surface area contributed by atoms with Crippen LogP contribution in [-0.4, -0.2) is 43.1 Å². The highest BCUT2D eigenvalue weighted by Gasteiger charge is 2.30. The maximum atomic E-state index is 13.5. The van der Waals surface area contributed by atoms with Gasteiger partial charge in [0.2, 0.25) is 21.1 Å². The number of benzene rings is 1. The van der Waals surface area contributed by atoms with Gasteiger partial charge in [-0.25, -0.2) is 17.2 Å².